The molecule has 10 aromatic rings. The van der Waals surface area contributed by atoms with Crippen LogP contribution in [0, 0.1) is 0 Å². The Hall–Kier alpha value is -10.3. The molecule has 0 saturated heterocycles. The number of amidine groups is 3. The van der Waals surface area contributed by atoms with Gasteiger partial charge >= 0.3 is 0 Å². The fourth-order valence-electron chi connectivity index (χ4n) is 11.8. The highest BCUT2D eigenvalue weighted by molar-refractivity contribution is 7.00. The van der Waals surface area contributed by atoms with E-state index in [4.69, 9.17) is 30.0 Å². The molecule has 80 heavy (non-hydrogen) atoms. The summed E-state index contributed by atoms with van der Waals surface area (Å²) >= 11 is 0. The molecule has 10 heteroatoms. The molecule has 9 nitrogen and oxygen atoms in total. The lowest BCUT2D eigenvalue weighted by atomic mass is 9.33. The fraction of sp³-hybridized carbons (Fsp3) is 0.0571. The lowest BCUT2D eigenvalue weighted by Crippen LogP contribution is -2.61. The third-order valence-electron chi connectivity index (χ3n) is 15.7. The van der Waals surface area contributed by atoms with Gasteiger partial charge < -0.3 is 9.80 Å². The van der Waals surface area contributed by atoms with E-state index in [9.17, 15) is 0 Å². The first-order chi connectivity index (χ1) is 39.3. The van der Waals surface area contributed by atoms with Gasteiger partial charge in [-0.25, -0.2) is 4.90 Å². The number of rotatable bonds is 8. The Morgan fingerprint density at radius 2 is 0.675 bits per heavy atom. The summed E-state index contributed by atoms with van der Waals surface area (Å²) in [6, 6.07) is 88.5. The van der Waals surface area contributed by atoms with Crippen LogP contribution in [0.3, 0.4) is 0 Å². The first-order valence-electron chi connectivity index (χ1n) is 27.2. The number of guanidine groups is 3. The molecule has 0 radical (unpaired) electrons. The highest BCUT2D eigenvalue weighted by atomic mass is 15.5. The van der Waals surface area contributed by atoms with E-state index in [0.717, 1.165) is 84.2 Å². The number of hydrogen-bond acceptors (Lipinski definition) is 9. The number of nitrogens with zero attached hydrogens (tertiary/aromatic N) is 9. The van der Waals surface area contributed by atoms with E-state index in [1.54, 1.807) is 4.90 Å². The highest BCUT2D eigenvalue weighted by Gasteiger charge is 2.46. The Morgan fingerprint density at radius 3 is 1.14 bits per heavy atom. The molecule has 0 saturated carbocycles. The van der Waals surface area contributed by atoms with Crippen LogP contribution in [0.1, 0.15) is 43.0 Å². The second kappa shape index (κ2) is 18.7. The van der Waals surface area contributed by atoms with Gasteiger partial charge in [0.15, 0.2) is 17.5 Å². The maximum absolute atomic E-state index is 5.43. The number of benzene rings is 10. The monoisotopic (exact) mass is 1030 g/mol. The van der Waals surface area contributed by atoms with Crippen molar-refractivity contribution in [2.45, 2.75) is 26.2 Å². The molecule has 5 aliphatic heterocycles. The Kier molecular flexibility index (Phi) is 11.0. The van der Waals surface area contributed by atoms with Crippen LogP contribution in [0.15, 0.2) is 279 Å². The summed E-state index contributed by atoms with van der Waals surface area (Å²) in [5.41, 5.74) is 20.3. The normalized spacial score (nSPS) is 14.8. The summed E-state index contributed by atoms with van der Waals surface area (Å²) in [6.07, 6.45) is 0. The minimum Gasteiger partial charge on any atom is -0.311 e. The van der Waals surface area contributed by atoms with Crippen LogP contribution in [-0.4, -0.2) is 47.0 Å². The summed E-state index contributed by atoms with van der Waals surface area (Å²) in [7, 11) is 0. The molecule has 10 aromatic carbocycles. The van der Waals surface area contributed by atoms with Gasteiger partial charge in [0.2, 0.25) is 17.9 Å². The molecule has 0 bridgehead atoms. The average Bonchev–Trinajstić information content (AvgIpc) is 3.30. The first-order valence-corrected chi connectivity index (χ1v) is 27.2. The fourth-order valence-corrected chi connectivity index (χ4v) is 11.8. The smallest absolute Gasteiger partial charge is 0.252 e. The molecule has 5 heterocycles. The minimum absolute atomic E-state index is 0.134. The standard InChI is InChI=1S/C70H50BN9/c1-70(2,3)52-38-40-60-56(44-52)71-55-41-50(45-23-9-4-10-24-45)37-39-59(55)78(57-35-21-19-33-53(57)46-25-11-5-12-26-46)61-42-51(43-62(63(61)71)79(60)58-36-22-20-34-54(58)47-27-13-6-14-28-47)66-76-68-74-64(48-29-15-7-16-30-48)72-67-73-65(49-31-17-8-18-32-49)75-69(77-66)80(67)68/h4-44H,1-3H3. The van der Waals surface area contributed by atoms with Gasteiger partial charge in [0.1, 0.15) is 0 Å². The molecule has 0 aliphatic carbocycles. The minimum atomic E-state index is -0.192. The van der Waals surface area contributed by atoms with E-state index in [-0.39, 0.29) is 12.1 Å². The van der Waals surface area contributed by atoms with Crippen molar-refractivity contribution in [2.75, 3.05) is 9.80 Å². The van der Waals surface area contributed by atoms with E-state index in [2.05, 4.69) is 219 Å². The second-order valence-corrected chi connectivity index (χ2v) is 21.6. The maximum atomic E-state index is 5.43. The Balaban J connectivity index is 1.06. The maximum Gasteiger partial charge on any atom is 0.252 e. The molecular formula is C70H50BN9. The molecule has 5 aliphatic rings. The van der Waals surface area contributed by atoms with Gasteiger partial charge in [-0.15, -0.1) is 0 Å². The average molecular weight is 1030 g/mol. The molecule has 15 rings (SSSR count). The van der Waals surface area contributed by atoms with Gasteiger partial charge in [-0.05, 0) is 86.0 Å². The highest BCUT2D eigenvalue weighted by Crippen LogP contribution is 2.49. The molecule has 378 valence electrons. The van der Waals surface area contributed by atoms with Crippen LogP contribution in [0.5, 0.6) is 0 Å². The van der Waals surface area contributed by atoms with Crippen molar-refractivity contribution in [3.8, 4) is 33.4 Å². The Morgan fingerprint density at radius 1 is 0.287 bits per heavy atom. The first kappa shape index (κ1) is 46.9. The zero-order valence-corrected chi connectivity index (χ0v) is 44.3. The summed E-state index contributed by atoms with van der Waals surface area (Å²) in [5.74, 6) is 2.63. The number of fused-ring (bicyclic) bond motifs is 4. The molecule has 0 amide bonds. The van der Waals surface area contributed by atoms with Crippen molar-refractivity contribution >= 4 is 92.6 Å². The number of anilines is 6. The molecule has 0 atom stereocenters. The lowest BCUT2D eigenvalue weighted by molar-refractivity contribution is 0.591. The molecule has 0 unspecified atom stereocenters. The van der Waals surface area contributed by atoms with Gasteiger partial charge in [-0.3, -0.25) is 0 Å². The van der Waals surface area contributed by atoms with Gasteiger partial charge in [0.05, 0.1) is 11.4 Å². The van der Waals surface area contributed by atoms with Crippen LogP contribution in [0.2, 0.25) is 0 Å². The summed E-state index contributed by atoms with van der Waals surface area (Å²) in [5, 5.41) is 0. The van der Waals surface area contributed by atoms with Crippen LogP contribution in [0.25, 0.3) is 33.4 Å². The van der Waals surface area contributed by atoms with Gasteiger partial charge in [-0.1, -0.05) is 233 Å². The summed E-state index contributed by atoms with van der Waals surface area (Å²) in [4.78, 5) is 38.0. The van der Waals surface area contributed by atoms with Gasteiger partial charge in [0, 0.05) is 50.6 Å². The summed E-state index contributed by atoms with van der Waals surface area (Å²) in [6.45, 7) is 6.73. The quantitative estimate of drug-likeness (QED) is 0.142. The second-order valence-electron chi connectivity index (χ2n) is 21.6. The zero-order valence-electron chi connectivity index (χ0n) is 44.3. The van der Waals surface area contributed by atoms with E-state index in [1.807, 2.05) is 60.7 Å². The van der Waals surface area contributed by atoms with Crippen molar-refractivity contribution in [1.82, 2.24) is 4.90 Å². The molecular weight excluding hydrogens is 978 g/mol. The van der Waals surface area contributed by atoms with Crippen LogP contribution < -0.4 is 26.2 Å². The largest absolute Gasteiger partial charge is 0.311 e. The lowest BCUT2D eigenvalue weighted by Gasteiger charge is -2.45. The number of hydrogen-bond donors (Lipinski definition) is 0. The van der Waals surface area contributed by atoms with Crippen molar-refractivity contribution in [1.29, 1.82) is 0 Å². The SMILES string of the molecule is CC(C)(C)c1ccc2c(c1)B1c3cc(-c4ccccc4)ccc3N(c3ccccc3-c3ccccc3)c3cc(C4=NC5=NC(c6ccccc6)=NC6=NC(c7ccccc7)=NC(=N4)N65)cc(c31)N2c1ccccc1-c1ccccc1. The molecule has 0 aromatic heterocycles. The summed E-state index contributed by atoms with van der Waals surface area (Å²) < 4.78 is 0. The zero-order chi connectivity index (χ0) is 53.5. The number of aliphatic imine (C=N–C) groups is 6. The van der Waals surface area contributed by atoms with E-state index >= 15 is 0 Å². The van der Waals surface area contributed by atoms with E-state index in [0.29, 0.717) is 35.4 Å². The van der Waals surface area contributed by atoms with E-state index in [1.165, 1.54) is 22.0 Å². The third-order valence-corrected chi connectivity index (χ3v) is 15.7. The van der Waals surface area contributed by atoms with Crippen LogP contribution in [-0.2, 0) is 5.41 Å². The van der Waals surface area contributed by atoms with Crippen molar-refractivity contribution in [3.05, 3.63) is 271 Å². The predicted octanol–water partition coefficient (Wildman–Crippen LogP) is 14.1. The van der Waals surface area contributed by atoms with Crippen molar-refractivity contribution in [3.63, 3.8) is 0 Å². The van der Waals surface area contributed by atoms with Gasteiger partial charge in [-0.2, -0.15) is 30.0 Å². The van der Waals surface area contributed by atoms with Crippen LogP contribution in [0.4, 0.5) is 34.1 Å². The predicted molar refractivity (Wildman–Crippen MR) is 332 cm³/mol. The van der Waals surface area contributed by atoms with Crippen LogP contribution >= 0.6 is 0 Å². The number of para-hydroxylation sites is 2. The van der Waals surface area contributed by atoms with E-state index < -0.39 is 0 Å². The third kappa shape index (κ3) is 7.86. The van der Waals surface area contributed by atoms with Crippen molar-refractivity contribution < 1.29 is 0 Å². The molecule has 0 fully saturated rings. The Bertz CT molecular complexity index is 4280. The van der Waals surface area contributed by atoms with Gasteiger partial charge in [0.25, 0.3) is 6.71 Å². The molecule has 0 N–H and O–H groups in total. The Labute approximate surface area is 465 Å². The molecule has 0 spiro atoms. The topological polar surface area (TPSA) is 83.9 Å². The van der Waals surface area contributed by atoms with Crippen molar-refractivity contribution in [2.24, 2.45) is 30.0 Å².